The van der Waals surface area contributed by atoms with E-state index in [1.807, 2.05) is 51.5 Å². The first-order valence-corrected chi connectivity index (χ1v) is 12.9. The second-order valence-corrected chi connectivity index (χ2v) is 10.6. The number of benzene rings is 1. The van der Waals surface area contributed by atoms with Crippen LogP contribution in [0.5, 0.6) is 0 Å². The molecule has 1 aliphatic heterocycles. The van der Waals surface area contributed by atoms with Gasteiger partial charge in [-0.15, -0.1) is 0 Å². The highest BCUT2D eigenvalue weighted by Crippen LogP contribution is 2.37. The SMILES string of the molecule is C=C(N)c1c(C)nc(C(C)c2cc(Cl)c(F)c(C(=O)N3CC(C)OC(C)C3)c2CC(C)C)n1/C=C\C. The van der Waals surface area contributed by atoms with E-state index in [4.69, 9.17) is 27.1 Å². The molecule has 6 nitrogen and oxygen atoms in total. The van der Waals surface area contributed by atoms with Gasteiger partial charge in [0.05, 0.1) is 39.9 Å². The Kier molecular flexibility index (Phi) is 8.67. The number of aromatic nitrogens is 2. The zero-order valence-electron chi connectivity index (χ0n) is 22.4. The fraction of sp³-hybridized carbons (Fsp3) is 0.500. The first-order valence-electron chi connectivity index (χ1n) is 12.5. The summed E-state index contributed by atoms with van der Waals surface area (Å²) in [5, 5.41) is -0.0774. The van der Waals surface area contributed by atoms with Crippen LogP contribution in [-0.4, -0.2) is 45.7 Å². The number of nitrogens with zero attached hydrogens (tertiary/aromatic N) is 3. The molecule has 1 aromatic heterocycles. The summed E-state index contributed by atoms with van der Waals surface area (Å²) < 4.78 is 23.4. The fourth-order valence-electron chi connectivity index (χ4n) is 5.12. The van der Waals surface area contributed by atoms with Gasteiger partial charge in [-0.1, -0.05) is 45.0 Å². The van der Waals surface area contributed by atoms with Gasteiger partial charge in [0.1, 0.15) is 5.82 Å². The van der Waals surface area contributed by atoms with E-state index in [2.05, 4.69) is 20.4 Å². The van der Waals surface area contributed by atoms with Gasteiger partial charge in [-0.25, -0.2) is 9.37 Å². The Morgan fingerprint density at radius 3 is 2.47 bits per heavy atom. The van der Waals surface area contributed by atoms with Crippen molar-refractivity contribution in [2.45, 2.75) is 73.0 Å². The lowest BCUT2D eigenvalue weighted by Gasteiger charge is -2.36. The Morgan fingerprint density at radius 2 is 1.94 bits per heavy atom. The Morgan fingerprint density at radius 1 is 1.33 bits per heavy atom. The zero-order valence-corrected chi connectivity index (χ0v) is 23.1. The molecule has 36 heavy (non-hydrogen) atoms. The van der Waals surface area contributed by atoms with Crippen molar-refractivity contribution in [2.24, 2.45) is 11.7 Å². The second kappa shape index (κ2) is 11.2. The average Bonchev–Trinajstić information content (AvgIpc) is 3.10. The number of morpholine rings is 1. The number of aryl methyl sites for hydroxylation is 1. The molecule has 3 atom stereocenters. The molecule has 196 valence electrons. The van der Waals surface area contributed by atoms with Gasteiger partial charge in [-0.3, -0.25) is 4.79 Å². The zero-order chi connectivity index (χ0) is 26.9. The van der Waals surface area contributed by atoms with Gasteiger partial charge >= 0.3 is 0 Å². The third-order valence-corrected chi connectivity index (χ3v) is 6.74. The van der Waals surface area contributed by atoms with Gasteiger partial charge in [0.25, 0.3) is 5.91 Å². The molecule has 1 aliphatic rings. The molecule has 1 aromatic carbocycles. The first kappa shape index (κ1) is 27.9. The summed E-state index contributed by atoms with van der Waals surface area (Å²) in [6.07, 6.45) is 4.03. The first-order chi connectivity index (χ1) is 16.9. The molecule has 1 fully saturated rings. The summed E-state index contributed by atoms with van der Waals surface area (Å²) in [4.78, 5) is 20.3. The third kappa shape index (κ3) is 5.52. The van der Waals surface area contributed by atoms with E-state index in [0.29, 0.717) is 36.6 Å². The largest absolute Gasteiger partial charge is 0.397 e. The number of hydrogen-bond donors (Lipinski definition) is 1. The average molecular weight is 517 g/mol. The van der Waals surface area contributed by atoms with Gasteiger partial charge in [-0.05, 0) is 57.2 Å². The molecular formula is C28H38ClFN4O2. The number of carbonyl (C=O) groups excluding carboxylic acids is 1. The number of rotatable bonds is 7. The van der Waals surface area contributed by atoms with Gasteiger partial charge in [0, 0.05) is 25.2 Å². The van der Waals surface area contributed by atoms with Crippen molar-refractivity contribution in [3.05, 3.63) is 63.5 Å². The van der Waals surface area contributed by atoms with Gasteiger partial charge in [0.15, 0.2) is 5.82 Å². The molecule has 2 N–H and O–H groups in total. The van der Waals surface area contributed by atoms with Crippen molar-refractivity contribution in [1.29, 1.82) is 0 Å². The van der Waals surface area contributed by atoms with Crippen LogP contribution in [0.3, 0.4) is 0 Å². The van der Waals surface area contributed by atoms with Crippen LogP contribution in [0.15, 0.2) is 18.7 Å². The monoisotopic (exact) mass is 516 g/mol. The maximum atomic E-state index is 15.7. The molecule has 3 unspecified atom stereocenters. The van der Waals surface area contributed by atoms with Crippen LogP contribution in [0.2, 0.25) is 5.02 Å². The molecule has 0 saturated carbocycles. The number of nitrogens with two attached hydrogens (primary N) is 1. The summed E-state index contributed by atoms with van der Waals surface area (Å²) in [5.41, 5.74) is 9.44. The molecule has 1 amide bonds. The van der Waals surface area contributed by atoms with Crippen molar-refractivity contribution >= 4 is 29.4 Å². The van der Waals surface area contributed by atoms with Crippen LogP contribution in [0, 0.1) is 18.7 Å². The number of carbonyl (C=O) groups is 1. The highest BCUT2D eigenvalue weighted by molar-refractivity contribution is 6.31. The minimum Gasteiger partial charge on any atom is -0.397 e. The molecule has 0 aliphatic carbocycles. The minimum atomic E-state index is -0.677. The van der Waals surface area contributed by atoms with Crippen LogP contribution >= 0.6 is 11.6 Å². The molecule has 8 heteroatoms. The van der Waals surface area contributed by atoms with E-state index >= 15 is 4.39 Å². The van der Waals surface area contributed by atoms with E-state index < -0.39 is 5.82 Å². The van der Waals surface area contributed by atoms with Gasteiger partial charge < -0.3 is 19.9 Å². The van der Waals surface area contributed by atoms with E-state index in [0.717, 1.165) is 17.0 Å². The van der Waals surface area contributed by atoms with Crippen molar-refractivity contribution < 1.29 is 13.9 Å². The Hall–Kier alpha value is -2.64. The lowest BCUT2D eigenvalue weighted by atomic mass is 9.86. The Bertz CT molecular complexity index is 1180. The molecule has 2 aromatic rings. The summed E-state index contributed by atoms with van der Waals surface area (Å²) in [5.74, 6) is -0.433. The van der Waals surface area contributed by atoms with Gasteiger partial charge in [-0.2, -0.15) is 0 Å². The topological polar surface area (TPSA) is 73.4 Å². The van der Waals surface area contributed by atoms with Crippen LogP contribution in [0.25, 0.3) is 11.9 Å². The maximum absolute atomic E-state index is 15.7. The fourth-order valence-corrected chi connectivity index (χ4v) is 5.33. The minimum absolute atomic E-state index is 0.0451. The molecular weight excluding hydrogens is 479 g/mol. The van der Waals surface area contributed by atoms with Crippen LogP contribution in [0.1, 0.15) is 86.2 Å². The van der Waals surface area contributed by atoms with Crippen molar-refractivity contribution in [3.8, 4) is 0 Å². The van der Waals surface area contributed by atoms with E-state index in [-0.39, 0.29) is 40.5 Å². The van der Waals surface area contributed by atoms with Crippen LogP contribution < -0.4 is 5.73 Å². The normalized spacial score (nSPS) is 19.3. The van der Waals surface area contributed by atoms with Gasteiger partial charge in [0.2, 0.25) is 0 Å². The Balaban J connectivity index is 2.24. The lowest BCUT2D eigenvalue weighted by molar-refractivity contribution is -0.0587. The second-order valence-electron chi connectivity index (χ2n) is 10.2. The molecule has 2 heterocycles. The molecule has 1 saturated heterocycles. The van der Waals surface area contributed by atoms with Crippen molar-refractivity contribution in [1.82, 2.24) is 14.5 Å². The standard InChI is InChI=1S/C28H38ClFN4O2/c1-9-10-34-26(19(7)31)20(8)32-27(34)18(6)21-12-23(29)25(30)24(22(21)11-15(2)3)28(35)33-13-16(4)36-17(5)14-33/h9-10,12,15-18H,7,11,13-14,31H2,1-6,8H3/b10-9-. The number of halogens is 2. The van der Waals surface area contributed by atoms with E-state index in [9.17, 15) is 4.79 Å². The van der Waals surface area contributed by atoms with E-state index in [1.54, 1.807) is 11.0 Å². The summed E-state index contributed by atoms with van der Waals surface area (Å²) >= 11 is 6.44. The predicted molar refractivity (Wildman–Crippen MR) is 145 cm³/mol. The maximum Gasteiger partial charge on any atom is 0.257 e. The number of amides is 1. The van der Waals surface area contributed by atoms with Crippen LogP contribution in [0.4, 0.5) is 4.39 Å². The number of ether oxygens (including phenoxy) is 1. The number of hydrogen-bond acceptors (Lipinski definition) is 4. The Labute approximate surface area is 219 Å². The molecule has 3 rings (SSSR count). The lowest BCUT2D eigenvalue weighted by Crippen LogP contribution is -2.48. The quantitative estimate of drug-likeness (QED) is 0.489. The van der Waals surface area contributed by atoms with Crippen molar-refractivity contribution in [2.75, 3.05) is 13.1 Å². The predicted octanol–water partition coefficient (Wildman–Crippen LogP) is 6.00. The summed E-state index contributed by atoms with van der Waals surface area (Å²) in [7, 11) is 0. The highest BCUT2D eigenvalue weighted by Gasteiger charge is 2.33. The van der Waals surface area contributed by atoms with Crippen LogP contribution in [-0.2, 0) is 11.2 Å². The van der Waals surface area contributed by atoms with Crippen molar-refractivity contribution in [3.63, 3.8) is 0 Å². The van der Waals surface area contributed by atoms with E-state index in [1.165, 1.54) is 0 Å². The third-order valence-electron chi connectivity index (χ3n) is 6.46. The smallest absolute Gasteiger partial charge is 0.257 e. The molecule has 0 spiro atoms. The summed E-state index contributed by atoms with van der Waals surface area (Å²) in [6, 6.07) is 1.64. The number of allylic oxidation sites excluding steroid dienone is 1. The summed E-state index contributed by atoms with van der Waals surface area (Å²) in [6.45, 7) is 18.4. The number of imidazole rings is 1. The molecule has 0 radical (unpaired) electrons. The highest BCUT2D eigenvalue weighted by atomic mass is 35.5. The molecule has 0 bridgehead atoms.